The second-order valence-corrected chi connectivity index (χ2v) is 5.94. The summed E-state index contributed by atoms with van der Waals surface area (Å²) in [6, 6.07) is 10.1. The molecule has 0 fully saturated rings. The van der Waals surface area contributed by atoms with Gasteiger partial charge in [-0.15, -0.1) is 6.58 Å². The lowest BCUT2D eigenvalue weighted by atomic mass is 10.1. The fourth-order valence-electron chi connectivity index (χ4n) is 2.53. The molecule has 0 aliphatic carbocycles. The second kappa shape index (κ2) is 8.65. The number of rotatable bonds is 8. The molecule has 3 nitrogen and oxygen atoms in total. The molecule has 1 N–H and O–H groups in total. The fourth-order valence-corrected chi connectivity index (χ4v) is 2.71. The van der Waals surface area contributed by atoms with E-state index in [-0.39, 0.29) is 0 Å². The Morgan fingerprint density at radius 2 is 2.04 bits per heavy atom. The molecule has 2 aromatic carbocycles. The van der Waals surface area contributed by atoms with Crippen molar-refractivity contribution in [1.82, 2.24) is 0 Å². The number of anilines is 1. The van der Waals surface area contributed by atoms with E-state index in [1.165, 1.54) is 0 Å². The summed E-state index contributed by atoms with van der Waals surface area (Å²) in [7, 11) is 1.66. The lowest BCUT2D eigenvalue weighted by Crippen LogP contribution is -2.04. The number of hydrogen-bond donors (Lipinski definition) is 1. The first-order valence-corrected chi connectivity index (χ1v) is 8.40. The van der Waals surface area contributed by atoms with Crippen LogP contribution in [0, 0.1) is 6.92 Å². The molecule has 0 saturated carbocycles. The molecular weight excluding hydrogens is 322 g/mol. The summed E-state index contributed by atoms with van der Waals surface area (Å²) in [4.78, 5) is 0. The molecule has 0 unspecified atom stereocenters. The molecule has 2 aromatic rings. The van der Waals surface area contributed by atoms with Crippen LogP contribution in [0.4, 0.5) is 5.69 Å². The SMILES string of the molecule is C=CCc1cc(CNc2ccc(C)c(Cl)c2)cc(OCC)c1OC. The van der Waals surface area contributed by atoms with Gasteiger partial charge in [-0.1, -0.05) is 23.7 Å². The topological polar surface area (TPSA) is 30.5 Å². The summed E-state index contributed by atoms with van der Waals surface area (Å²) in [6.45, 7) is 9.04. The van der Waals surface area contributed by atoms with Crippen molar-refractivity contribution in [1.29, 1.82) is 0 Å². The minimum atomic E-state index is 0.592. The van der Waals surface area contributed by atoms with Crippen molar-refractivity contribution in [2.24, 2.45) is 0 Å². The van der Waals surface area contributed by atoms with E-state index in [1.807, 2.05) is 44.2 Å². The van der Waals surface area contributed by atoms with Crippen LogP contribution >= 0.6 is 11.6 Å². The maximum absolute atomic E-state index is 6.18. The molecule has 0 aliphatic heterocycles. The van der Waals surface area contributed by atoms with Gasteiger partial charge in [0.05, 0.1) is 13.7 Å². The molecule has 0 atom stereocenters. The third-order valence-electron chi connectivity index (χ3n) is 3.73. The second-order valence-electron chi connectivity index (χ2n) is 5.53. The van der Waals surface area contributed by atoms with Crippen LogP contribution in [0.2, 0.25) is 5.02 Å². The highest BCUT2D eigenvalue weighted by atomic mass is 35.5. The molecule has 0 aromatic heterocycles. The van der Waals surface area contributed by atoms with Gasteiger partial charge in [-0.25, -0.2) is 0 Å². The smallest absolute Gasteiger partial charge is 0.164 e. The summed E-state index contributed by atoms with van der Waals surface area (Å²) in [6.07, 6.45) is 2.60. The quantitative estimate of drug-likeness (QED) is 0.650. The normalized spacial score (nSPS) is 10.3. The van der Waals surface area contributed by atoms with Gasteiger partial charge >= 0.3 is 0 Å². The van der Waals surface area contributed by atoms with Crippen LogP contribution in [-0.2, 0) is 13.0 Å². The van der Waals surface area contributed by atoms with Crippen molar-refractivity contribution in [3.8, 4) is 11.5 Å². The van der Waals surface area contributed by atoms with Crippen molar-refractivity contribution < 1.29 is 9.47 Å². The molecule has 0 saturated heterocycles. The van der Waals surface area contributed by atoms with Gasteiger partial charge in [0.2, 0.25) is 0 Å². The van der Waals surface area contributed by atoms with E-state index in [0.717, 1.165) is 45.3 Å². The van der Waals surface area contributed by atoms with Gasteiger partial charge in [0.1, 0.15) is 0 Å². The first kappa shape index (κ1) is 18.2. The van der Waals surface area contributed by atoms with Gasteiger partial charge in [-0.3, -0.25) is 0 Å². The van der Waals surface area contributed by atoms with E-state index in [4.69, 9.17) is 21.1 Å². The van der Waals surface area contributed by atoms with E-state index < -0.39 is 0 Å². The third kappa shape index (κ3) is 4.45. The average Bonchev–Trinajstić information content (AvgIpc) is 2.56. The molecule has 128 valence electrons. The van der Waals surface area contributed by atoms with Gasteiger partial charge in [0.25, 0.3) is 0 Å². The van der Waals surface area contributed by atoms with Crippen LogP contribution in [0.3, 0.4) is 0 Å². The molecule has 24 heavy (non-hydrogen) atoms. The molecule has 0 radical (unpaired) electrons. The average molecular weight is 346 g/mol. The zero-order valence-electron chi connectivity index (χ0n) is 14.5. The van der Waals surface area contributed by atoms with Crippen LogP contribution in [0.5, 0.6) is 11.5 Å². The van der Waals surface area contributed by atoms with Gasteiger partial charge in [-0.05, 0) is 55.7 Å². The minimum absolute atomic E-state index is 0.592. The van der Waals surface area contributed by atoms with Crippen LogP contribution in [-0.4, -0.2) is 13.7 Å². The van der Waals surface area contributed by atoms with Crippen molar-refractivity contribution in [2.75, 3.05) is 19.0 Å². The zero-order chi connectivity index (χ0) is 17.5. The van der Waals surface area contributed by atoms with Crippen molar-refractivity contribution >= 4 is 17.3 Å². The highest BCUT2D eigenvalue weighted by Gasteiger charge is 2.12. The van der Waals surface area contributed by atoms with E-state index in [2.05, 4.69) is 18.0 Å². The monoisotopic (exact) mass is 345 g/mol. The molecule has 0 aliphatic rings. The Hall–Kier alpha value is -2.13. The van der Waals surface area contributed by atoms with E-state index in [0.29, 0.717) is 13.2 Å². The Morgan fingerprint density at radius 3 is 2.67 bits per heavy atom. The predicted molar refractivity (Wildman–Crippen MR) is 102 cm³/mol. The molecule has 0 heterocycles. The summed E-state index contributed by atoms with van der Waals surface area (Å²) in [5, 5.41) is 4.16. The number of hydrogen-bond acceptors (Lipinski definition) is 3. The number of ether oxygens (including phenoxy) is 2. The number of aryl methyl sites for hydroxylation is 1. The molecule has 0 bridgehead atoms. The predicted octanol–water partition coefficient (Wildman–Crippen LogP) is 5.40. The third-order valence-corrected chi connectivity index (χ3v) is 4.14. The van der Waals surface area contributed by atoms with Crippen LogP contribution in [0.25, 0.3) is 0 Å². The van der Waals surface area contributed by atoms with Gasteiger partial charge in [0.15, 0.2) is 11.5 Å². The lowest BCUT2D eigenvalue weighted by Gasteiger charge is -2.16. The molecule has 2 rings (SSSR count). The summed E-state index contributed by atoms with van der Waals surface area (Å²) >= 11 is 6.18. The van der Waals surface area contributed by atoms with Crippen molar-refractivity contribution in [3.05, 3.63) is 64.7 Å². The van der Waals surface area contributed by atoms with Crippen molar-refractivity contribution in [2.45, 2.75) is 26.8 Å². The zero-order valence-corrected chi connectivity index (χ0v) is 15.2. The number of allylic oxidation sites excluding steroid dienone is 1. The van der Waals surface area contributed by atoms with E-state index in [9.17, 15) is 0 Å². The number of methoxy groups -OCH3 is 1. The fraction of sp³-hybridized carbons (Fsp3) is 0.300. The minimum Gasteiger partial charge on any atom is -0.493 e. The first-order valence-electron chi connectivity index (χ1n) is 8.02. The highest BCUT2D eigenvalue weighted by molar-refractivity contribution is 6.31. The Kier molecular flexibility index (Phi) is 6.56. The number of benzene rings is 2. The maximum Gasteiger partial charge on any atom is 0.164 e. The summed E-state index contributed by atoms with van der Waals surface area (Å²) < 4.78 is 11.3. The Balaban J connectivity index is 2.25. The highest BCUT2D eigenvalue weighted by Crippen LogP contribution is 2.34. The van der Waals surface area contributed by atoms with Crippen molar-refractivity contribution in [3.63, 3.8) is 0 Å². The Bertz CT molecular complexity index is 713. The van der Waals surface area contributed by atoms with Crippen LogP contribution in [0.1, 0.15) is 23.6 Å². The summed E-state index contributed by atoms with van der Waals surface area (Å²) in [5.74, 6) is 1.54. The standard InChI is InChI=1S/C20H24ClNO2/c1-5-7-16-10-15(11-19(24-6-2)20(16)23-4)13-22-17-9-8-14(3)18(21)12-17/h5,8-12,22H,1,6-7,13H2,2-4H3. The number of halogens is 1. The molecular formula is C20H24ClNO2. The van der Waals surface area contributed by atoms with Gasteiger partial charge < -0.3 is 14.8 Å². The van der Waals surface area contributed by atoms with Crippen LogP contribution < -0.4 is 14.8 Å². The maximum atomic E-state index is 6.18. The van der Waals surface area contributed by atoms with E-state index in [1.54, 1.807) is 7.11 Å². The molecule has 4 heteroatoms. The van der Waals surface area contributed by atoms with Gasteiger partial charge in [-0.2, -0.15) is 0 Å². The molecule has 0 amide bonds. The lowest BCUT2D eigenvalue weighted by molar-refractivity contribution is 0.309. The Labute approximate surface area is 149 Å². The number of nitrogens with one attached hydrogen (secondary N) is 1. The van der Waals surface area contributed by atoms with Crippen LogP contribution in [0.15, 0.2) is 43.0 Å². The Morgan fingerprint density at radius 1 is 1.25 bits per heavy atom. The molecule has 0 spiro atoms. The van der Waals surface area contributed by atoms with Gasteiger partial charge in [0, 0.05) is 22.8 Å². The summed E-state index contributed by atoms with van der Waals surface area (Å²) in [5.41, 5.74) is 4.24. The van der Waals surface area contributed by atoms with E-state index >= 15 is 0 Å². The largest absolute Gasteiger partial charge is 0.493 e. The first-order chi connectivity index (χ1) is 11.6.